The maximum atomic E-state index is 13.0. The predicted molar refractivity (Wildman–Crippen MR) is 98.1 cm³/mol. The fourth-order valence-electron chi connectivity index (χ4n) is 3.15. The number of carbonyl (C=O) groups is 1. The lowest BCUT2D eigenvalue weighted by atomic mass is 9.89. The number of thiophene rings is 1. The van der Waals surface area contributed by atoms with Gasteiger partial charge in [-0.1, -0.05) is 18.7 Å². The van der Waals surface area contributed by atoms with Crippen LogP contribution >= 0.6 is 23.1 Å². The second-order valence-corrected chi connectivity index (χ2v) is 8.65. The van der Waals surface area contributed by atoms with E-state index >= 15 is 0 Å². The first-order valence-electron chi connectivity index (χ1n) is 8.25. The molecule has 130 valence electrons. The first-order chi connectivity index (χ1) is 11.5. The minimum atomic E-state index is -0.397. The Morgan fingerprint density at radius 1 is 1.54 bits per heavy atom. The van der Waals surface area contributed by atoms with Gasteiger partial charge in [0.05, 0.1) is 12.5 Å². The largest absolute Gasteiger partial charge is 0.468 e. The third-order valence-corrected chi connectivity index (χ3v) is 6.73. The Labute approximate surface area is 149 Å². The number of nitrogens with zero attached hydrogens (tertiary/aromatic N) is 2. The van der Waals surface area contributed by atoms with Crippen LogP contribution in [-0.4, -0.2) is 27.9 Å². The van der Waals surface area contributed by atoms with Crippen LogP contribution in [0.25, 0.3) is 10.2 Å². The fourth-order valence-corrected chi connectivity index (χ4v) is 5.57. The minimum absolute atomic E-state index is 0.0223. The zero-order valence-corrected chi connectivity index (χ0v) is 16.1. The summed E-state index contributed by atoms with van der Waals surface area (Å²) in [5, 5.41) is 0.991. The highest BCUT2D eigenvalue weighted by atomic mass is 32.2. The predicted octanol–water partition coefficient (Wildman–Crippen LogP) is 3.26. The van der Waals surface area contributed by atoms with Crippen molar-refractivity contribution < 1.29 is 9.53 Å². The van der Waals surface area contributed by atoms with E-state index in [-0.39, 0.29) is 11.5 Å². The van der Waals surface area contributed by atoms with E-state index in [1.807, 2.05) is 6.92 Å². The van der Waals surface area contributed by atoms with Crippen molar-refractivity contribution in [2.75, 3.05) is 7.11 Å². The van der Waals surface area contributed by atoms with Crippen molar-refractivity contribution in [1.29, 1.82) is 0 Å². The smallest absolute Gasteiger partial charge is 0.318 e. The number of hydrogen-bond acceptors (Lipinski definition) is 6. The van der Waals surface area contributed by atoms with Crippen LogP contribution in [0.1, 0.15) is 37.6 Å². The van der Waals surface area contributed by atoms with Gasteiger partial charge < -0.3 is 4.74 Å². The summed E-state index contributed by atoms with van der Waals surface area (Å²) in [6.07, 6.45) is 3.12. The van der Waals surface area contributed by atoms with Crippen LogP contribution in [-0.2, 0) is 28.9 Å². The number of rotatable bonds is 4. The molecule has 1 aliphatic rings. The molecule has 2 aromatic rings. The highest BCUT2D eigenvalue weighted by Gasteiger charge is 2.25. The molecule has 2 aromatic heterocycles. The summed E-state index contributed by atoms with van der Waals surface area (Å²) < 4.78 is 6.46. The van der Waals surface area contributed by atoms with Crippen LogP contribution in [0, 0.1) is 5.92 Å². The molecule has 3 rings (SSSR count). The van der Waals surface area contributed by atoms with E-state index in [9.17, 15) is 9.59 Å². The van der Waals surface area contributed by atoms with Gasteiger partial charge in [-0.3, -0.25) is 14.2 Å². The van der Waals surface area contributed by atoms with Crippen molar-refractivity contribution in [3.8, 4) is 0 Å². The Kier molecular flexibility index (Phi) is 5.01. The fraction of sp³-hybridized carbons (Fsp3) is 0.588. The van der Waals surface area contributed by atoms with Crippen LogP contribution in [0.3, 0.4) is 0 Å². The van der Waals surface area contributed by atoms with Crippen molar-refractivity contribution in [1.82, 2.24) is 9.55 Å². The molecule has 5 nitrogen and oxygen atoms in total. The first kappa shape index (κ1) is 17.5. The van der Waals surface area contributed by atoms with Gasteiger partial charge in [-0.25, -0.2) is 4.98 Å². The van der Waals surface area contributed by atoms with Crippen molar-refractivity contribution in [3.05, 3.63) is 20.8 Å². The molecule has 0 saturated carbocycles. The molecule has 0 radical (unpaired) electrons. The summed E-state index contributed by atoms with van der Waals surface area (Å²) in [6, 6.07) is 0. The molecule has 0 N–H and O–H groups in total. The Hall–Kier alpha value is -1.34. The molecule has 0 spiro atoms. The maximum Gasteiger partial charge on any atom is 0.318 e. The Balaban J connectivity index is 2.11. The highest BCUT2D eigenvalue weighted by molar-refractivity contribution is 8.00. The monoisotopic (exact) mass is 366 g/mol. The third-order valence-electron chi connectivity index (χ3n) is 4.51. The van der Waals surface area contributed by atoms with Gasteiger partial charge in [0.15, 0.2) is 5.16 Å². The lowest BCUT2D eigenvalue weighted by Gasteiger charge is -2.17. The zero-order valence-electron chi connectivity index (χ0n) is 14.4. The number of aryl methyl sites for hydroxylation is 1. The standard InChI is InChI=1S/C17H22N2O3S2/c1-5-19-15(20)13-11-7-6-9(2)8-12(11)24-14(13)18-17(19)23-10(3)16(21)22-4/h9-10H,5-8H2,1-4H3. The molecule has 7 heteroatoms. The molecule has 2 heterocycles. The topological polar surface area (TPSA) is 61.2 Å². The van der Waals surface area contributed by atoms with Gasteiger partial charge in [0.25, 0.3) is 5.56 Å². The van der Waals surface area contributed by atoms with Gasteiger partial charge in [-0.05, 0) is 44.6 Å². The number of aromatic nitrogens is 2. The number of esters is 1. The van der Waals surface area contributed by atoms with E-state index in [4.69, 9.17) is 9.72 Å². The van der Waals surface area contributed by atoms with Crippen LogP contribution in [0.2, 0.25) is 0 Å². The summed E-state index contributed by atoms with van der Waals surface area (Å²) in [7, 11) is 1.37. The van der Waals surface area contributed by atoms with Gasteiger partial charge in [0, 0.05) is 11.4 Å². The van der Waals surface area contributed by atoms with E-state index in [1.165, 1.54) is 29.3 Å². The first-order valence-corrected chi connectivity index (χ1v) is 9.95. The number of fused-ring (bicyclic) bond motifs is 3. The lowest BCUT2D eigenvalue weighted by Crippen LogP contribution is -2.25. The van der Waals surface area contributed by atoms with E-state index in [1.54, 1.807) is 22.8 Å². The summed E-state index contributed by atoms with van der Waals surface area (Å²) in [6.45, 7) is 6.50. The minimum Gasteiger partial charge on any atom is -0.468 e. The SMILES string of the molecule is CCn1c(SC(C)C(=O)OC)nc2sc3c(c2c1=O)CCC(C)C3. The van der Waals surface area contributed by atoms with Crippen LogP contribution in [0.5, 0.6) is 0 Å². The number of hydrogen-bond donors (Lipinski definition) is 0. The number of thioether (sulfide) groups is 1. The van der Waals surface area contributed by atoms with Crippen molar-refractivity contribution >= 4 is 39.3 Å². The second-order valence-electron chi connectivity index (χ2n) is 6.26. The zero-order chi connectivity index (χ0) is 17.4. The Morgan fingerprint density at radius 2 is 2.29 bits per heavy atom. The third kappa shape index (κ3) is 2.99. The number of ether oxygens (including phenoxy) is 1. The molecule has 2 atom stereocenters. The Bertz CT molecular complexity index is 840. The molecule has 24 heavy (non-hydrogen) atoms. The molecule has 0 bridgehead atoms. The molecule has 0 aromatic carbocycles. The number of carbonyl (C=O) groups excluding carboxylic acids is 1. The molecule has 2 unspecified atom stereocenters. The maximum absolute atomic E-state index is 13.0. The van der Waals surface area contributed by atoms with Gasteiger partial charge >= 0.3 is 5.97 Å². The van der Waals surface area contributed by atoms with E-state index in [2.05, 4.69) is 6.92 Å². The highest BCUT2D eigenvalue weighted by Crippen LogP contribution is 2.36. The average molecular weight is 367 g/mol. The van der Waals surface area contributed by atoms with Crippen LogP contribution in [0.4, 0.5) is 0 Å². The summed E-state index contributed by atoms with van der Waals surface area (Å²) >= 11 is 2.93. The summed E-state index contributed by atoms with van der Waals surface area (Å²) in [5.74, 6) is 0.350. The molecular formula is C17H22N2O3S2. The van der Waals surface area contributed by atoms with E-state index in [0.717, 1.165) is 29.5 Å². The van der Waals surface area contributed by atoms with Crippen LogP contribution in [0.15, 0.2) is 9.95 Å². The molecular weight excluding hydrogens is 344 g/mol. The van der Waals surface area contributed by atoms with Gasteiger partial charge in [0.1, 0.15) is 10.1 Å². The van der Waals surface area contributed by atoms with Crippen molar-refractivity contribution in [2.24, 2.45) is 5.92 Å². The lowest BCUT2D eigenvalue weighted by molar-refractivity contribution is -0.139. The van der Waals surface area contributed by atoms with E-state index in [0.29, 0.717) is 17.6 Å². The van der Waals surface area contributed by atoms with Crippen molar-refractivity contribution in [3.63, 3.8) is 0 Å². The van der Waals surface area contributed by atoms with Crippen LogP contribution < -0.4 is 5.56 Å². The molecule has 1 aliphatic carbocycles. The normalized spacial score (nSPS) is 18.4. The quantitative estimate of drug-likeness (QED) is 0.472. The molecule has 0 saturated heterocycles. The van der Waals surface area contributed by atoms with Crippen molar-refractivity contribution in [2.45, 2.75) is 57.0 Å². The van der Waals surface area contributed by atoms with Gasteiger partial charge in [-0.2, -0.15) is 0 Å². The number of methoxy groups -OCH3 is 1. The Morgan fingerprint density at radius 3 is 2.96 bits per heavy atom. The average Bonchev–Trinajstić information content (AvgIpc) is 2.91. The summed E-state index contributed by atoms with van der Waals surface area (Å²) in [4.78, 5) is 31.6. The molecule has 0 fully saturated rings. The summed E-state index contributed by atoms with van der Waals surface area (Å²) in [5.41, 5.74) is 1.22. The second kappa shape index (κ2) is 6.88. The van der Waals surface area contributed by atoms with Gasteiger partial charge in [-0.15, -0.1) is 11.3 Å². The van der Waals surface area contributed by atoms with Gasteiger partial charge in [0.2, 0.25) is 0 Å². The van der Waals surface area contributed by atoms with E-state index < -0.39 is 5.25 Å². The molecule has 0 amide bonds. The molecule has 0 aliphatic heterocycles.